The Kier molecular flexibility index (Phi) is 5.40. The first-order valence-electron chi connectivity index (χ1n) is 7.17. The summed E-state index contributed by atoms with van der Waals surface area (Å²) < 4.78 is 0.964. The third kappa shape index (κ3) is 3.59. The summed E-state index contributed by atoms with van der Waals surface area (Å²) in [6.45, 7) is 5.11. The van der Waals surface area contributed by atoms with Crippen molar-refractivity contribution in [3.8, 4) is 0 Å². The normalized spacial score (nSPS) is 34.1. The number of nitrogens with zero attached hydrogens (tertiary/aromatic N) is 1. The summed E-state index contributed by atoms with van der Waals surface area (Å²) in [5.41, 5.74) is 0. The van der Waals surface area contributed by atoms with E-state index in [1.807, 2.05) is 0 Å². The van der Waals surface area contributed by atoms with Crippen LogP contribution < -0.4 is 0 Å². The van der Waals surface area contributed by atoms with E-state index in [2.05, 4.69) is 34.4 Å². The van der Waals surface area contributed by atoms with Crippen molar-refractivity contribution in [2.45, 2.75) is 68.3 Å². The molecule has 2 rings (SSSR count). The van der Waals surface area contributed by atoms with Crippen LogP contribution >= 0.6 is 22.6 Å². The molecule has 0 bridgehead atoms. The van der Waals surface area contributed by atoms with Crippen molar-refractivity contribution >= 4 is 22.6 Å². The Balaban J connectivity index is 1.72. The van der Waals surface area contributed by atoms with Crippen LogP contribution in [0.2, 0.25) is 0 Å². The van der Waals surface area contributed by atoms with E-state index in [-0.39, 0.29) is 0 Å². The van der Waals surface area contributed by atoms with E-state index in [0.717, 1.165) is 15.9 Å². The summed E-state index contributed by atoms with van der Waals surface area (Å²) in [7, 11) is 0. The predicted octanol–water partition coefficient (Wildman–Crippen LogP) is 4.24. The lowest BCUT2D eigenvalue weighted by molar-refractivity contribution is 0.106. The molecule has 1 aliphatic heterocycles. The monoisotopic (exact) mass is 335 g/mol. The number of alkyl halides is 1. The van der Waals surface area contributed by atoms with E-state index >= 15 is 0 Å². The van der Waals surface area contributed by atoms with E-state index in [4.69, 9.17) is 0 Å². The average Bonchev–Trinajstić information content (AvgIpc) is 2.32. The molecular weight excluding hydrogens is 309 g/mol. The zero-order valence-electron chi connectivity index (χ0n) is 10.6. The van der Waals surface area contributed by atoms with Crippen molar-refractivity contribution in [1.29, 1.82) is 0 Å². The number of hydrogen-bond acceptors (Lipinski definition) is 1. The fraction of sp³-hybridized carbons (Fsp3) is 1.00. The van der Waals surface area contributed by atoms with Crippen molar-refractivity contribution in [2.75, 3.05) is 13.1 Å². The zero-order valence-corrected chi connectivity index (χ0v) is 12.8. The zero-order chi connectivity index (χ0) is 11.4. The van der Waals surface area contributed by atoms with Crippen molar-refractivity contribution in [3.05, 3.63) is 0 Å². The number of halogens is 1. The minimum Gasteiger partial charge on any atom is -0.300 e. The Morgan fingerprint density at radius 1 is 1.00 bits per heavy atom. The van der Waals surface area contributed by atoms with Gasteiger partial charge in [-0.1, -0.05) is 42.4 Å². The van der Waals surface area contributed by atoms with Gasteiger partial charge < -0.3 is 4.90 Å². The molecule has 0 atom stereocenters. The highest BCUT2D eigenvalue weighted by Gasteiger charge is 2.27. The molecule has 1 heterocycles. The summed E-state index contributed by atoms with van der Waals surface area (Å²) in [6, 6.07) is 0.939. The molecule has 2 heteroatoms. The fourth-order valence-corrected chi connectivity index (χ4v) is 4.13. The maximum absolute atomic E-state index is 2.80. The van der Waals surface area contributed by atoms with Crippen LogP contribution in [0.3, 0.4) is 0 Å². The summed E-state index contributed by atoms with van der Waals surface area (Å²) in [5, 5.41) is 0. The molecule has 0 spiro atoms. The highest BCUT2D eigenvalue weighted by molar-refractivity contribution is 14.1. The van der Waals surface area contributed by atoms with E-state index in [1.54, 1.807) is 0 Å². The largest absolute Gasteiger partial charge is 0.300 e. The van der Waals surface area contributed by atoms with Gasteiger partial charge in [0, 0.05) is 9.97 Å². The van der Waals surface area contributed by atoms with Crippen LogP contribution in [0.15, 0.2) is 0 Å². The SMILES string of the molecule is CCCC1CCN(C2CCC(I)CC2)CC1. The quantitative estimate of drug-likeness (QED) is 0.551. The van der Waals surface area contributed by atoms with Crippen molar-refractivity contribution in [2.24, 2.45) is 5.92 Å². The maximum atomic E-state index is 2.80. The van der Waals surface area contributed by atoms with Gasteiger partial charge in [-0.3, -0.25) is 0 Å². The number of likely N-dealkylation sites (tertiary alicyclic amines) is 1. The Labute approximate surface area is 114 Å². The second-order valence-corrected chi connectivity index (χ2v) is 7.44. The number of piperidine rings is 1. The molecule has 2 fully saturated rings. The van der Waals surface area contributed by atoms with Gasteiger partial charge in [-0.15, -0.1) is 0 Å². The predicted molar refractivity (Wildman–Crippen MR) is 79.3 cm³/mol. The average molecular weight is 335 g/mol. The van der Waals surface area contributed by atoms with Gasteiger partial charge in [-0.05, 0) is 57.5 Å². The molecule has 0 N–H and O–H groups in total. The third-order valence-electron chi connectivity index (χ3n) is 4.49. The van der Waals surface area contributed by atoms with Crippen LogP contribution in [0.25, 0.3) is 0 Å². The molecule has 1 saturated heterocycles. The summed E-state index contributed by atoms with van der Waals surface area (Å²) >= 11 is 2.63. The van der Waals surface area contributed by atoms with E-state index in [0.29, 0.717) is 0 Å². The first-order valence-corrected chi connectivity index (χ1v) is 8.42. The minimum atomic E-state index is 0.939. The maximum Gasteiger partial charge on any atom is 0.0111 e. The lowest BCUT2D eigenvalue weighted by Gasteiger charge is -2.40. The van der Waals surface area contributed by atoms with Gasteiger partial charge in [-0.2, -0.15) is 0 Å². The topological polar surface area (TPSA) is 3.24 Å². The van der Waals surface area contributed by atoms with Crippen LogP contribution in [0.1, 0.15) is 58.3 Å². The van der Waals surface area contributed by atoms with Crippen molar-refractivity contribution < 1.29 is 0 Å². The smallest absolute Gasteiger partial charge is 0.0111 e. The third-order valence-corrected chi connectivity index (χ3v) is 5.73. The van der Waals surface area contributed by atoms with Gasteiger partial charge in [0.2, 0.25) is 0 Å². The van der Waals surface area contributed by atoms with Crippen molar-refractivity contribution in [1.82, 2.24) is 4.90 Å². The highest BCUT2D eigenvalue weighted by Crippen LogP contribution is 2.31. The molecule has 0 radical (unpaired) electrons. The van der Waals surface area contributed by atoms with Crippen molar-refractivity contribution in [3.63, 3.8) is 0 Å². The van der Waals surface area contributed by atoms with E-state index in [1.165, 1.54) is 64.5 Å². The van der Waals surface area contributed by atoms with E-state index < -0.39 is 0 Å². The molecule has 1 saturated carbocycles. The molecule has 0 aromatic carbocycles. The van der Waals surface area contributed by atoms with Gasteiger partial charge in [0.15, 0.2) is 0 Å². The van der Waals surface area contributed by atoms with Crippen LogP contribution in [-0.4, -0.2) is 28.0 Å². The van der Waals surface area contributed by atoms with Gasteiger partial charge in [0.05, 0.1) is 0 Å². The number of rotatable bonds is 3. The summed E-state index contributed by atoms with van der Waals surface area (Å²) in [6.07, 6.45) is 11.6. The molecule has 16 heavy (non-hydrogen) atoms. The van der Waals surface area contributed by atoms with Crippen LogP contribution in [-0.2, 0) is 0 Å². The minimum absolute atomic E-state index is 0.939. The van der Waals surface area contributed by atoms with Crippen LogP contribution in [0.4, 0.5) is 0 Å². The lowest BCUT2D eigenvalue weighted by atomic mass is 9.88. The highest BCUT2D eigenvalue weighted by atomic mass is 127. The lowest BCUT2D eigenvalue weighted by Crippen LogP contribution is -2.43. The fourth-order valence-electron chi connectivity index (χ4n) is 3.42. The van der Waals surface area contributed by atoms with Crippen LogP contribution in [0.5, 0.6) is 0 Å². The first-order chi connectivity index (χ1) is 7.79. The molecule has 0 amide bonds. The van der Waals surface area contributed by atoms with Gasteiger partial charge in [-0.25, -0.2) is 0 Å². The Hall–Kier alpha value is 0.690. The molecule has 1 aliphatic carbocycles. The second kappa shape index (κ2) is 6.58. The molecule has 0 aromatic rings. The Bertz CT molecular complexity index is 191. The molecule has 0 aromatic heterocycles. The summed E-state index contributed by atoms with van der Waals surface area (Å²) in [5.74, 6) is 1.04. The summed E-state index contributed by atoms with van der Waals surface area (Å²) in [4.78, 5) is 2.80. The van der Waals surface area contributed by atoms with Gasteiger partial charge in [0.1, 0.15) is 0 Å². The number of hydrogen-bond donors (Lipinski definition) is 0. The van der Waals surface area contributed by atoms with Crippen LogP contribution in [0, 0.1) is 5.92 Å². The molecule has 2 aliphatic rings. The molecular formula is C14H26IN. The van der Waals surface area contributed by atoms with Gasteiger partial charge >= 0.3 is 0 Å². The Morgan fingerprint density at radius 2 is 1.62 bits per heavy atom. The molecule has 0 unspecified atom stereocenters. The molecule has 1 nitrogen and oxygen atoms in total. The second-order valence-electron chi connectivity index (χ2n) is 5.67. The van der Waals surface area contributed by atoms with E-state index in [9.17, 15) is 0 Å². The standard InChI is InChI=1S/C14H26IN/c1-2-3-12-8-10-16(11-9-12)14-6-4-13(15)5-7-14/h12-14H,2-11H2,1H3. The molecule has 94 valence electrons. The Morgan fingerprint density at radius 3 is 2.19 bits per heavy atom. The van der Waals surface area contributed by atoms with Gasteiger partial charge in [0.25, 0.3) is 0 Å². The first kappa shape index (κ1) is 13.1.